The van der Waals surface area contributed by atoms with E-state index in [-0.39, 0.29) is 11.9 Å². The molecule has 0 spiro atoms. The van der Waals surface area contributed by atoms with Gasteiger partial charge in [0.2, 0.25) is 0 Å². The Hall–Kier alpha value is -2.50. The maximum Gasteiger partial charge on any atom is 0.254 e. The Kier molecular flexibility index (Phi) is 6.83. The summed E-state index contributed by atoms with van der Waals surface area (Å²) in [5.74, 6) is 0.0375. The van der Waals surface area contributed by atoms with Gasteiger partial charge in [0.25, 0.3) is 5.91 Å². The van der Waals surface area contributed by atoms with Crippen LogP contribution in [0.1, 0.15) is 50.0 Å². The van der Waals surface area contributed by atoms with Gasteiger partial charge in [0.1, 0.15) is 0 Å². The molecule has 0 bridgehead atoms. The lowest BCUT2D eigenvalue weighted by Crippen LogP contribution is -2.29. The molecule has 0 aliphatic rings. The van der Waals surface area contributed by atoms with Crippen molar-refractivity contribution in [2.24, 2.45) is 0 Å². The second kappa shape index (κ2) is 9.33. The maximum absolute atomic E-state index is 13.1. The van der Waals surface area contributed by atoms with Crippen LogP contribution < -0.4 is 0 Å². The van der Waals surface area contributed by atoms with Gasteiger partial charge in [-0.1, -0.05) is 42.5 Å². The van der Waals surface area contributed by atoms with Crippen molar-refractivity contribution < 1.29 is 4.79 Å². The van der Waals surface area contributed by atoms with Gasteiger partial charge in [-0.15, -0.1) is 11.3 Å². The lowest BCUT2D eigenvalue weighted by atomic mass is 10.1. The summed E-state index contributed by atoms with van der Waals surface area (Å²) in [5.41, 5.74) is 4.16. The number of carbonyl (C=O) groups excluding carboxylic acids is 1. The molecule has 1 atom stereocenters. The monoisotopic (exact) mass is 407 g/mol. The number of aryl methyl sites for hydroxylation is 2. The van der Waals surface area contributed by atoms with Gasteiger partial charge >= 0.3 is 0 Å². The van der Waals surface area contributed by atoms with Crippen LogP contribution >= 0.6 is 11.3 Å². The third-order valence-electron chi connectivity index (χ3n) is 5.14. The molecular formula is C24H29N3OS. The van der Waals surface area contributed by atoms with E-state index in [9.17, 15) is 4.79 Å². The van der Waals surface area contributed by atoms with Gasteiger partial charge in [0.05, 0.1) is 16.7 Å². The maximum atomic E-state index is 13.1. The van der Waals surface area contributed by atoms with Crippen molar-refractivity contribution in [3.8, 4) is 0 Å². The Morgan fingerprint density at radius 2 is 1.66 bits per heavy atom. The first-order valence-electron chi connectivity index (χ1n) is 9.87. The summed E-state index contributed by atoms with van der Waals surface area (Å²) in [4.78, 5) is 22.8. The van der Waals surface area contributed by atoms with E-state index < -0.39 is 0 Å². The summed E-state index contributed by atoms with van der Waals surface area (Å²) in [5, 5.41) is 1.04. The molecule has 1 aromatic heterocycles. The summed E-state index contributed by atoms with van der Waals surface area (Å²) >= 11 is 1.66. The minimum Gasteiger partial charge on any atom is -0.334 e. The van der Waals surface area contributed by atoms with Crippen LogP contribution in [0.3, 0.4) is 0 Å². The largest absolute Gasteiger partial charge is 0.334 e. The van der Waals surface area contributed by atoms with Crippen molar-refractivity contribution in [3.63, 3.8) is 0 Å². The molecule has 0 fully saturated rings. The number of carbonyl (C=O) groups is 1. The van der Waals surface area contributed by atoms with Crippen LogP contribution in [0, 0.1) is 13.8 Å². The fourth-order valence-corrected chi connectivity index (χ4v) is 4.58. The van der Waals surface area contributed by atoms with E-state index in [0.717, 1.165) is 39.8 Å². The first-order valence-corrected chi connectivity index (χ1v) is 10.7. The van der Waals surface area contributed by atoms with Crippen LogP contribution in [0.4, 0.5) is 0 Å². The summed E-state index contributed by atoms with van der Waals surface area (Å²) in [6.07, 6.45) is 0. The number of aromatic nitrogens is 1. The van der Waals surface area contributed by atoms with Crippen molar-refractivity contribution in [3.05, 3.63) is 86.9 Å². The topological polar surface area (TPSA) is 36.4 Å². The number of rotatable bonds is 7. The van der Waals surface area contributed by atoms with Gasteiger partial charge in [0, 0.05) is 30.6 Å². The second-order valence-electron chi connectivity index (χ2n) is 7.63. The van der Waals surface area contributed by atoms with E-state index in [1.165, 1.54) is 5.56 Å². The lowest BCUT2D eigenvalue weighted by Gasteiger charge is -2.25. The van der Waals surface area contributed by atoms with Crippen LogP contribution in [0.15, 0.2) is 54.6 Å². The van der Waals surface area contributed by atoms with Gasteiger partial charge in [-0.3, -0.25) is 9.69 Å². The zero-order valence-corrected chi connectivity index (χ0v) is 18.7. The van der Waals surface area contributed by atoms with Gasteiger partial charge in [-0.25, -0.2) is 4.98 Å². The molecular weight excluding hydrogens is 378 g/mol. The molecule has 1 heterocycles. The number of amides is 1. The Morgan fingerprint density at radius 1 is 1.00 bits per heavy atom. The van der Waals surface area contributed by atoms with Crippen molar-refractivity contribution in [2.75, 3.05) is 14.1 Å². The Labute approximate surface area is 177 Å². The van der Waals surface area contributed by atoms with E-state index >= 15 is 0 Å². The molecule has 3 rings (SSSR count). The number of benzene rings is 2. The van der Waals surface area contributed by atoms with E-state index in [2.05, 4.69) is 54.2 Å². The number of thiazole rings is 1. The minimum atomic E-state index is -0.00175. The van der Waals surface area contributed by atoms with Gasteiger partial charge in [-0.2, -0.15) is 0 Å². The first kappa shape index (κ1) is 21.2. The zero-order chi connectivity index (χ0) is 21.0. The molecule has 0 radical (unpaired) electrons. The molecule has 29 heavy (non-hydrogen) atoms. The van der Waals surface area contributed by atoms with E-state index in [0.29, 0.717) is 0 Å². The Bertz CT molecular complexity index is 967. The highest BCUT2D eigenvalue weighted by atomic mass is 32.1. The summed E-state index contributed by atoms with van der Waals surface area (Å²) in [7, 11) is 3.97. The van der Waals surface area contributed by atoms with Crippen LogP contribution in [0.25, 0.3) is 0 Å². The summed E-state index contributed by atoms with van der Waals surface area (Å²) in [6.45, 7) is 7.75. The molecule has 2 aromatic carbocycles. The van der Waals surface area contributed by atoms with Crippen molar-refractivity contribution in [2.45, 2.75) is 39.9 Å². The number of hydrogen-bond donors (Lipinski definition) is 0. The van der Waals surface area contributed by atoms with Gasteiger partial charge in [-0.05, 0) is 51.1 Å². The van der Waals surface area contributed by atoms with Gasteiger partial charge < -0.3 is 4.90 Å². The fraction of sp³-hybridized carbons (Fsp3) is 0.333. The van der Waals surface area contributed by atoms with Crippen molar-refractivity contribution in [1.82, 2.24) is 14.8 Å². The van der Waals surface area contributed by atoms with Crippen LogP contribution in [-0.4, -0.2) is 34.8 Å². The van der Waals surface area contributed by atoms with E-state index in [4.69, 9.17) is 0 Å². The minimum absolute atomic E-state index is 0.00175. The highest BCUT2D eigenvalue weighted by Crippen LogP contribution is 2.29. The molecule has 3 aromatic rings. The molecule has 0 aliphatic heterocycles. The van der Waals surface area contributed by atoms with Crippen LogP contribution in [0.2, 0.25) is 0 Å². The lowest BCUT2D eigenvalue weighted by molar-refractivity contribution is 0.0744. The molecule has 0 N–H and O–H groups in total. The Morgan fingerprint density at radius 3 is 2.31 bits per heavy atom. The molecule has 1 amide bonds. The first-order chi connectivity index (χ1) is 13.8. The molecule has 0 saturated carbocycles. The van der Waals surface area contributed by atoms with Crippen LogP contribution in [-0.2, 0) is 13.1 Å². The molecule has 152 valence electrons. The predicted molar refractivity (Wildman–Crippen MR) is 120 cm³/mol. The van der Waals surface area contributed by atoms with E-state index in [1.54, 1.807) is 11.3 Å². The summed E-state index contributed by atoms with van der Waals surface area (Å²) < 4.78 is 0. The third-order valence-corrected chi connectivity index (χ3v) is 6.39. The van der Waals surface area contributed by atoms with Crippen LogP contribution in [0.5, 0.6) is 0 Å². The van der Waals surface area contributed by atoms with Gasteiger partial charge in [0.15, 0.2) is 0 Å². The highest BCUT2D eigenvalue weighted by molar-refractivity contribution is 7.11. The van der Waals surface area contributed by atoms with Crippen molar-refractivity contribution >= 4 is 17.2 Å². The molecule has 1 unspecified atom stereocenters. The fourth-order valence-electron chi connectivity index (χ4n) is 3.56. The molecule has 0 saturated heterocycles. The Balaban J connectivity index is 1.69. The average Bonchev–Trinajstić information content (AvgIpc) is 3.05. The van der Waals surface area contributed by atoms with Crippen molar-refractivity contribution in [1.29, 1.82) is 0 Å². The second-order valence-corrected chi connectivity index (χ2v) is 8.87. The standard InChI is InChI=1S/C24H29N3OS/c1-17-23(29-19(3)25-17)18(2)27(5)24(28)22-13-9-12-21(14-22)16-26(4)15-20-10-7-6-8-11-20/h6-14,18H,15-16H2,1-5H3. The number of nitrogens with zero attached hydrogens (tertiary/aromatic N) is 3. The average molecular weight is 408 g/mol. The number of hydrogen-bond acceptors (Lipinski definition) is 4. The quantitative estimate of drug-likeness (QED) is 0.538. The third kappa shape index (κ3) is 5.31. The normalized spacial score (nSPS) is 12.2. The zero-order valence-electron chi connectivity index (χ0n) is 17.8. The summed E-state index contributed by atoms with van der Waals surface area (Å²) in [6, 6.07) is 18.4. The van der Waals surface area contributed by atoms with E-state index in [1.807, 2.05) is 50.1 Å². The SMILES string of the molecule is Cc1nc(C)c(C(C)N(C)C(=O)c2cccc(CN(C)Cc3ccccc3)c2)s1. The molecule has 0 aliphatic carbocycles. The molecule has 4 nitrogen and oxygen atoms in total. The highest BCUT2D eigenvalue weighted by Gasteiger charge is 2.22. The predicted octanol–water partition coefficient (Wildman–Crippen LogP) is 5.23. The molecule has 5 heteroatoms. The smallest absolute Gasteiger partial charge is 0.254 e.